The van der Waals surface area contributed by atoms with Gasteiger partial charge in [0, 0.05) is 40.8 Å². The number of furan rings is 1. The summed E-state index contributed by atoms with van der Waals surface area (Å²) in [6.07, 6.45) is 2.93. The SMILES string of the molecule is Cc1cc2oc3c(c2cc1NS(=O)(=O)c1ccc2c4c(cccc14)C(=O)N2C)C[C@H](C(C)(C)C)CC3. The number of sulfonamides is 1. The van der Waals surface area contributed by atoms with Gasteiger partial charge in [-0.2, -0.15) is 0 Å². The van der Waals surface area contributed by atoms with Crippen molar-refractivity contribution < 1.29 is 17.6 Å². The Kier molecular flexibility index (Phi) is 4.87. The second-order valence-electron chi connectivity index (χ2n) is 11.3. The first-order valence-electron chi connectivity index (χ1n) is 12.4. The summed E-state index contributed by atoms with van der Waals surface area (Å²) in [6, 6.07) is 12.4. The van der Waals surface area contributed by atoms with Crippen LogP contribution in [0.15, 0.2) is 51.8 Å². The van der Waals surface area contributed by atoms with Gasteiger partial charge in [-0.25, -0.2) is 8.42 Å². The van der Waals surface area contributed by atoms with E-state index in [1.165, 1.54) is 5.56 Å². The molecule has 2 heterocycles. The van der Waals surface area contributed by atoms with Crippen LogP contribution in [0.1, 0.15) is 54.4 Å². The van der Waals surface area contributed by atoms with Gasteiger partial charge in [0.1, 0.15) is 11.3 Å². The predicted octanol–water partition coefficient (Wildman–Crippen LogP) is 6.44. The maximum absolute atomic E-state index is 13.7. The van der Waals surface area contributed by atoms with Crippen LogP contribution in [0.5, 0.6) is 0 Å². The molecule has 1 atom stereocenters. The summed E-state index contributed by atoms with van der Waals surface area (Å²) in [6.45, 7) is 8.71. The molecule has 1 aliphatic carbocycles. The maximum atomic E-state index is 13.7. The molecule has 3 aromatic carbocycles. The van der Waals surface area contributed by atoms with Crippen molar-refractivity contribution in [3.63, 3.8) is 0 Å². The van der Waals surface area contributed by atoms with Crippen LogP contribution >= 0.6 is 0 Å². The van der Waals surface area contributed by atoms with Crippen molar-refractivity contribution in [1.29, 1.82) is 0 Å². The van der Waals surface area contributed by atoms with Crippen LogP contribution in [0, 0.1) is 18.3 Å². The number of hydrogen-bond donors (Lipinski definition) is 1. The van der Waals surface area contributed by atoms with Crippen LogP contribution in [0.4, 0.5) is 11.4 Å². The van der Waals surface area contributed by atoms with Crippen LogP contribution in [0.25, 0.3) is 21.7 Å². The molecule has 0 saturated carbocycles. The first-order chi connectivity index (χ1) is 17.0. The highest BCUT2D eigenvalue weighted by Gasteiger charge is 2.33. The van der Waals surface area contributed by atoms with Crippen LogP contribution in [0.3, 0.4) is 0 Å². The fourth-order valence-electron chi connectivity index (χ4n) is 5.82. The van der Waals surface area contributed by atoms with Gasteiger partial charge in [-0.05, 0) is 67.0 Å². The van der Waals surface area contributed by atoms with Gasteiger partial charge in [0.15, 0.2) is 0 Å². The van der Waals surface area contributed by atoms with E-state index in [2.05, 4.69) is 25.5 Å². The number of amides is 1. The molecule has 0 fully saturated rings. The fraction of sp³-hybridized carbons (Fsp3) is 0.345. The topological polar surface area (TPSA) is 79.6 Å². The van der Waals surface area contributed by atoms with E-state index in [1.54, 1.807) is 42.3 Å². The lowest BCUT2D eigenvalue weighted by Crippen LogP contribution is -2.26. The normalized spacial score (nSPS) is 17.8. The number of aryl methyl sites for hydroxylation is 2. The van der Waals surface area contributed by atoms with Gasteiger partial charge in [-0.3, -0.25) is 9.52 Å². The Bertz CT molecular complexity index is 1690. The molecule has 186 valence electrons. The van der Waals surface area contributed by atoms with E-state index in [-0.39, 0.29) is 16.2 Å². The number of rotatable bonds is 3. The highest BCUT2D eigenvalue weighted by molar-refractivity contribution is 7.93. The molecule has 36 heavy (non-hydrogen) atoms. The molecule has 2 aliphatic rings. The Morgan fingerprint density at radius 1 is 1.08 bits per heavy atom. The molecule has 4 aromatic rings. The molecule has 1 aromatic heterocycles. The summed E-state index contributed by atoms with van der Waals surface area (Å²) in [5.74, 6) is 1.44. The Labute approximate surface area is 211 Å². The molecule has 7 heteroatoms. The fourth-order valence-corrected chi connectivity index (χ4v) is 7.14. The minimum atomic E-state index is -3.92. The highest BCUT2D eigenvalue weighted by atomic mass is 32.2. The van der Waals surface area contributed by atoms with E-state index in [0.29, 0.717) is 27.9 Å². The number of carbonyl (C=O) groups excluding carboxylic acids is 1. The van der Waals surface area contributed by atoms with E-state index in [4.69, 9.17) is 4.42 Å². The van der Waals surface area contributed by atoms with Crippen LogP contribution in [-0.4, -0.2) is 21.4 Å². The smallest absolute Gasteiger partial charge is 0.262 e. The van der Waals surface area contributed by atoms with Crippen LogP contribution in [0.2, 0.25) is 0 Å². The number of carbonyl (C=O) groups is 1. The summed E-state index contributed by atoms with van der Waals surface area (Å²) >= 11 is 0. The third-order valence-electron chi connectivity index (χ3n) is 8.03. The number of nitrogens with zero attached hydrogens (tertiary/aromatic N) is 1. The Hall–Kier alpha value is -3.32. The highest BCUT2D eigenvalue weighted by Crippen LogP contribution is 2.43. The second kappa shape index (κ2) is 7.59. The molecule has 6 nitrogen and oxygen atoms in total. The van der Waals surface area contributed by atoms with Crippen molar-refractivity contribution in [3.05, 3.63) is 64.9 Å². The largest absolute Gasteiger partial charge is 0.461 e. The molecular weight excluding hydrogens is 472 g/mol. The summed E-state index contributed by atoms with van der Waals surface area (Å²) < 4.78 is 36.4. The van der Waals surface area contributed by atoms with Crippen molar-refractivity contribution in [3.8, 4) is 0 Å². The van der Waals surface area contributed by atoms with Gasteiger partial charge in [-0.15, -0.1) is 0 Å². The second-order valence-corrected chi connectivity index (χ2v) is 12.9. The van der Waals surface area contributed by atoms with E-state index < -0.39 is 10.0 Å². The zero-order valence-corrected chi connectivity index (χ0v) is 22.0. The number of benzene rings is 3. The summed E-state index contributed by atoms with van der Waals surface area (Å²) in [4.78, 5) is 14.3. The lowest BCUT2D eigenvalue weighted by Gasteiger charge is -2.33. The zero-order valence-electron chi connectivity index (χ0n) is 21.2. The first kappa shape index (κ1) is 23.1. The lowest BCUT2D eigenvalue weighted by atomic mass is 9.71. The monoisotopic (exact) mass is 502 g/mol. The molecule has 0 unspecified atom stereocenters. The molecule has 1 amide bonds. The zero-order chi connectivity index (χ0) is 25.6. The average Bonchev–Trinajstić information content (AvgIpc) is 3.29. The number of fused-ring (bicyclic) bond motifs is 3. The number of hydrogen-bond acceptors (Lipinski definition) is 4. The van der Waals surface area contributed by atoms with E-state index in [1.807, 2.05) is 19.1 Å². The van der Waals surface area contributed by atoms with Crippen molar-refractivity contribution in [1.82, 2.24) is 0 Å². The van der Waals surface area contributed by atoms with Gasteiger partial charge >= 0.3 is 0 Å². The molecular formula is C29H30N2O4S. The minimum absolute atomic E-state index is 0.127. The van der Waals surface area contributed by atoms with E-state index in [0.717, 1.165) is 47.2 Å². The summed E-state index contributed by atoms with van der Waals surface area (Å²) in [5.41, 5.74) is 4.79. The van der Waals surface area contributed by atoms with E-state index in [9.17, 15) is 13.2 Å². The van der Waals surface area contributed by atoms with Gasteiger partial charge in [0.2, 0.25) is 0 Å². The average molecular weight is 503 g/mol. The van der Waals surface area contributed by atoms with Crippen molar-refractivity contribution in [2.45, 2.75) is 51.9 Å². The van der Waals surface area contributed by atoms with Gasteiger partial charge in [0.05, 0.1) is 16.3 Å². The van der Waals surface area contributed by atoms with Gasteiger partial charge < -0.3 is 9.32 Å². The van der Waals surface area contributed by atoms with E-state index >= 15 is 0 Å². The van der Waals surface area contributed by atoms with Gasteiger partial charge in [-0.1, -0.05) is 32.9 Å². The first-order valence-corrected chi connectivity index (χ1v) is 13.9. The summed E-state index contributed by atoms with van der Waals surface area (Å²) in [7, 11) is -2.21. The van der Waals surface area contributed by atoms with Crippen LogP contribution < -0.4 is 9.62 Å². The number of anilines is 2. The summed E-state index contributed by atoms with van der Waals surface area (Å²) in [5, 5.41) is 2.20. The molecule has 0 saturated heterocycles. The maximum Gasteiger partial charge on any atom is 0.262 e. The standard InChI is InChI=1S/C29H30N2O4S/c1-16-13-25-21(20-14-17(29(2,3)4)9-11-24(20)35-25)15-22(16)30-36(33,34)26-12-10-23-27-18(26)7-6-8-19(27)28(32)31(23)5/h6-8,10,12-13,15,17,30H,9,11,14H2,1-5H3/t17-/m1/s1. The molecule has 6 rings (SSSR count). The third-order valence-corrected chi connectivity index (χ3v) is 9.45. The minimum Gasteiger partial charge on any atom is -0.461 e. The Morgan fingerprint density at radius 3 is 2.61 bits per heavy atom. The molecule has 0 bridgehead atoms. The molecule has 0 spiro atoms. The predicted molar refractivity (Wildman–Crippen MR) is 143 cm³/mol. The Balaban J connectivity index is 1.43. The van der Waals surface area contributed by atoms with Gasteiger partial charge in [0.25, 0.3) is 15.9 Å². The third kappa shape index (κ3) is 3.36. The molecule has 1 N–H and O–H groups in total. The van der Waals surface area contributed by atoms with Crippen molar-refractivity contribution in [2.75, 3.05) is 16.7 Å². The quantitative estimate of drug-likeness (QED) is 0.350. The van der Waals surface area contributed by atoms with Crippen molar-refractivity contribution in [2.24, 2.45) is 11.3 Å². The van der Waals surface area contributed by atoms with Crippen molar-refractivity contribution >= 4 is 49.0 Å². The molecule has 0 radical (unpaired) electrons. The lowest BCUT2D eigenvalue weighted by molar-refractivity contribution is 0.0999. The Morgan fingerprint density at radius 2 is 1.86 bits per heavy atom. The molecule has 1 aliphatic heterocycles. The number of nitrogens with one attached hydrogen (secondary N) is 1. The van der Waals surface area contributed by atoms with Crippen LogP contribution in [-0.2, 0) is 22.9 Å².